The van der Waals surface area contributed by atoms with Crippen LogP contribution in [-0.4, -0.2) is 53.7 Å². The molecule has 1 amide bonds. The van der Waals surface area contributed by atoms with Crippen LogP contribution in [0.25, 0.3) is 0 Å². The molecule has 0 spiro atoms. The summed E-state index contributed by atoms with van der Waals surface area (Å²) in [6.07, 6.45) is -1.31. The summed E-state index contributed by atoms with van der Waals surface area (Å²) in [7, 11) is 0. The molecule has 1 aromatic carbocycles. The first-order chi connectivity index (χ1) is 15.8. The Morgan fingerprint density at radius 3 is 2.73 bits per heavy atom. The van der Waals surface area contributed by atoms with E-state index in [4.69, 9.17) is 9.47 Å². The highest BCUT2D eigenvalue weighted by Crippen LogP contribution is 2.35. The number of carbonyl (C=O) groups is 1. The van der Waals surface area contributed by atoms with E-state index in [0.29, 0.717) is 45.6 Å². The van der Waals surface area contributed by atoms with E-state index in [1.807, 2.05) is 25.1 Å². The highest BCUT2D eigenvalue weighted by atomic mass is 19.4. The van der Waals surface area contributed by atoms with Crippen molar-refractivity contribution in [2.45, 2.75) is 50.0 Å². The maximum absolute atomic E-state index is 13.5. The van der Waals surface area contributed by atoms with Gasteiger partial charge in [0, 0.05) is 32.5 Å². The quantitative estimate of drug-likeness (QED) is 0.702. The van der Waals surface area contributed by atoms with Gasteiger partial charge in [-0.2, -0.15) is 13.2 Å². The van der Waals surface area contributed by atoms with Crippen molar-refractivity contribution in [3.63, 3.8) is 0 Å². The van der Waals surface area contributed by atoms with Gasteiger partial charge in [0.1, 0.15) is 17.4 Å². The van der Waals surface area contributed by atoms with E-state index in [-0.39, 0.29) is 23.8 Å². The number of hydrogen-bond acceptors (Lipinski definition) is 5. The van der Waals surface area contributed by atoms with Gasteiger partial charge in [-0.25, -0.2) is 0 Å². The summed E-state index contributed by atoms with van der Waals surface area (Å²) < 4.78 is 50.5. The van der Waals surface area contributed by atoms with E-state index in [2.05, 4.69) is 15.2 Å². The van der Waals surface area contributed by atoms with Crippen LogP contribution in [-0.2, 0) is 15.7 Å². The summed E-state index contributed by atoms with van der Waals surface area (Å²) in [4.78, 5) is 19.9. The van der Waals surface area contributed by atoms with Crippen molar-refractivity contribution in [3.8, 4) is 5.75 Å². The second-order valence-electron chi connectivity index (χ2n) is 8.59. The van der Waals surface area contributed by atoms with Gasteiger partial charge in [0.15, 0.2) is 0 Å². The van der Waals surface area contributed by atoms with Gasteiger partial charge < -0.3 is 14.8 Å². The number of nitrogens with one attached hydrogen (secondary N) is 1. The summed E-state index contributed by atoms with van der Waals surface area (Å²) in [5, 5.41) is 3.11. The van der Waals surface area contributed by atoms with Crippen molar-refractivity contribution in [2.24, 2.45) is 0 Å². The number of hydrogen-bond donors (Lipinski definition) is 1. The molecule has 6 nitrogen and oxygen atoms in total. The largest absolute Gasteiger partial charge is 0.489 e. The van der Waals surface area contributed by atoms with Gasteiger partial charge in [0.05, 0.1) is 17.3 Å². The van der Waals surface area contributed by atoms with Gasteiger partial charge in [-0.1, -0.05) is 12.1 Å². The Balaban J connectivity index is 1.45. The smallest absolute Gasteiger partial charge is 0.416 e. The number of halogens is 3. The maximum atomic E-state index is 13.5. The van der Waals surface area contributed by atoms with Gasteiger partial charge in [-0.15, -0.1) is 0 Å². The van der Waals surface area contributed by atoms with Crippen LogP contribution in [0, 0.1) is 0 Å². The van der Waals surface area contributed by atoms with Crippen LogP contribution in [0.15, 0.2) is 48.7 Å². The van der Waals surface area contributed by atoms with Crippen LogP contribution in [0.2, 0.25) is 0 Å². The van der Waals surface area contributed by atoms with Crippen LogP contribution >= 0.6 is 0 Å². The number of amides is 1. The van der Waals surface area contributed by atoms with Gasteiger partial charge in [-0.05, 0) is 56.5 Å². The van der Waals surface area contributed by atoms with E-state index in [1.165, 1.54) is 12.1 Å². The molecule has 0 unspecified atom stereocenters. The Labute approximate surface area is 191 Å². The predicted octanol–water partition coefficient (Wildman–Crippen LogP) is 3.98. The molecule has 2 aromatic rings. The SMILES string of the molecule is C[C@H](NC(=O)C1(N2CC[C@@H](Oc3cccc(C(F)(F)F)c3)C2)CCOCC1)c1ccccn1. The van der Waals surface area contributed by atoms with Crippen molar-refractivity contribution < 1.29 is 27.4 Å². The van der Waals surface area contributed by atoms with E-state index in [9.17, 15) is 18.0 Å². The summed E-state index contributed by atoms with van der Waals surface area (Å²) in [5.41, 5.74) is -0.702. The highest BCUT2D eigenvalue weighted by molar-refractivity contribution is 5.87. The van der Waals surface area contributed by atoms with E-state index >= 15 is 0 Å². The number of aromatic nitrogens is 1. The second kappa shape index (κ2) is 9.69. The average Bonchev–Trinajstić information content (AvgIpc) is 3.28. The molecule has 33 heavy (non-hydrogen) atoms. The predicted molar refractivity (Wildman–Crippen MR) is 116 cm³/mol. The Hall–Kier alpha value is -2.65. The lowest BCUT2D eigenvalue weighted by Crippen LogP contribution is -2.61. The number of ether oxygens (including phenoxy) is 2. The van der Waals surface area contributed by atoms with Gasteiger partial charge in [0.25, 0.3) is 0 Å². The Morgan fingerprint density at radius 1 is 1.24 bits per heavy atom. The molecule has 178 valence electrons. The molecule has 2 aliphatic rings. The zero-order chi connectivity index (χ0) is 23.5. The van der Waals surface area contributed by atoms with Crippen LogP contribution in [0.4, 0.5) is 13.2 Å². The molecule has 2 atom stereocenters. The minimum Gasteiger partial charge on any atom is -0.489 e. The summed E-state index contributed by atoms with van der Waals surface area (Å²) >= 11 is 0. The first kappa shape index (κ1) is 23.5. The molecule has 2 fully saturated rings. The van der Waals surface area contributed by atoms with Gasteiger partial charge in [-0.3, -0.25) is 14.7 Å². The van der Waals surface area contributed by atoms with E-state index in [0.717, 1.165) is 17.8 Å². The van der Waals surface area contributed by atoms with Crippen LogP contribution in [0.5, 0.6) is 5.75 Å². The summed E-state index contributed by atoms with van der Waals surface area (Å²) in [6.45, 7) is 3.93. The van der Waals surface area contributed by atoms with Crippen molar-refractivity contribution in [3.05, 3.63) is 59.9 Å². The Kier molecular flexibility index (Phi) is 6.90. The number of benzene rings is 1. The fraction of sp³-hybridized carbons (Fsp3) is 0.500. The summed E-state index contributed by atoms with van der Waals surface area (Å²) in [6, 6.07) is 10.2. The zero-order valence-corrected chi connectivity index (χ0v) is 18.5. The molecule has 1 N–H and O–H groups in total. The number of rotatable bonds is 6. The number of alkyl halides is 3. The monoisotopic (exact) mass is 463 g/mol. The maximum Gasteiger partial charge on any atom is 0.416 e. The molecule has 2 aliphatic heterocycles. The van der Waals surface area contributed by atoms with Crippen LogP contribution in [0.1, 0.15) is 43.5 Å². The lowest BCUT2D eigenvalue weighted by molar-refractivity contribution is -0.141. The molecule has 0 radical (unpaired) electrons. The molecular weight excluding hydrogens is 435 g/mol. The zero-order valence-electron chi connectivity index (χ0n) is 18.5. The third kappa shape index (κ3) is 5.30. The lowest BCUT2D eigenvalue weighted by Gasteiger charge is -2.43. The molecule has 0 aliphatic carbocycles. The molecule has 0 bridgehead atoms. The Morgan fingerprint density at radius 2 is 2.03 bits per heavy atom. The van der Waals surface area contributed by atoms with Gasteiger partial charge >= 0.3 is 6.18 Å². The average molecular weight is 464 g/mol. The molecule has 0 saturated carbocycles. The standard InChI is InChI=1S/C24H28F3N3O3/c1-17(21-7-2-3-11-28-21)29-22(31)23(9-13-32-14-10-23)30-12-8-20(16-30)33-19-6-4-5-18(15-19)24(25,26)27/h2-7,11,15,17,20H,8-10,12-14,16H2,1H3,(H,29,31)/t17-,20+/m0/s1. The highest BCUT2D eigenvalue weighted by Gasteiger charge is 2.48. The Bertz CT molecular complexity index is 949. The molecule has 2 saturated heterocycles. The topological polar surface area (TPSA) is 63.7 Å². The lowest BCUT2D eigenvalue weighted by atomic mass is 9.86. The number of likely N-dealkylation sites (tertiary alicyclic amines) is 1. The normalized spacial score (nSPS) is 22.0. The molecule has 9 heteroatoms. The molecule has 4 rings (SSSR count). The van der Waals surface area contributed by atoms with Crippen molar-refractivity contribution in [2.75, 3.05) is 26.3 Å². The number of nitrogens with zero attached hydrogens (tertiary/aromatic N) is 2. The third-order valence-corrected chi connectivity index (χ3v) is 6.44. The molecule has 1 aromatic heterocycles. The minimum absolute atomic E-state index is 0.0799. The fourth-order valence-corrected chi connectivity index (χ4v) is 4.58. The molecule has 3 heterocycles. The van der Waals surface area contributed by atoms with E-state index < -0.39 is 17.3 Å². The van der Waals surface area contributed by atoms with Crippen molar-refractivity contribution in [1.29, 1.82) is 0 Å². The molecular formula is C24H28F3N3O3. The number of pyridine rings is 1. The van der Waals surface area contributed by atoms with Crippen LogP contribution in [0.3, 0.4) is 0 Å². The minimum atomic E-state index is -4.42. The first-order valence-electron chi connectivity index (χ1n) is 11.2. The van der Waals surface area contributed by atoms with Crippen LogP contribution < -0.4 is 10.1 Å². The number of carbonyl (C=O) groups excluding carboxylic acids is 1. The van der Waals surface area contributed by atoms with Crippen molar-refractivity contribution >= 4 is 5.91 Å². The third-order valence-electron chi connectivity index (χ3n) is 6.44. The van der Waals surface area contributed by atoms with Gasteiger partial charge in [0.2, 0.25) is 5.91 Å². The second-order valence-corrected chi connectivity index (χ2v) is 8.59. The summed E-state index contributed by atoms with van der Waals surface area (Å²) in [5.74, 6) is 0.106. The first-order valence-corrected chi connectivity index (χ1v) is 11.2. The van der Waals surface area contributed by atoms with E-state index in [1.54, 1.807) is 6.20 Å². The van der Waals surface area contributed by atoms with Crippen molar-refractivity contribution in [1.82, 2.24) is 15.2 Å². The fourth-order valence-electron chi connectivity index (χ4n) is 4.58.